The lowest BCUT2D eigenvalue weighted by atomic mass is 10.2. The van der Waals surface area contributed by atoms with E-state index in [4.69, 9.17) is 11.6 Å². The molecule has 2 aromatic rings. The Morgan fingerprint density at radius 2 is 1.64 bits per heavy atom. The first kappa shape index (κ1) is 16.3. The van der Waals surface area contributed by atoms with Crippen molar-refractivity contribution in [1.29, 1.82) is 0 Å². The van der Waals surface area contributed by atoms with Crippen molar-refractivity contribution in [3.05, 3.63) is 59.1 Å². The molecule has 7 heteroatoms. The Balaban J connectivity index is 2.12. The number of halogens is 1. The molecule has 0 aromatic heterocycles. The maximum Gasteiger partial charge on any atom is 0.261 e. The molecule has 2 aromatic carbocycles. The van der Waals surface area contributed by atoms with Gasteiger partial charge in [-0.1, -0.05) is 23.7 Å². The molecule has 0 atom stereocenters. The van der Waals surface area contributed by atoms with Crippen LogP contribution in [0.3, 0.4) is 0 Å². The van der Waals surface area contributed by atoms with E-state index < -0.39 is 10.0 Å². The van der Waals surface area contributed by atoms with Crippen molar-refractivity contribution in [2.24, 2.45) is 0 Å². The molecule has 0 fully saturated rings. The Bertz CT molecular complexity index is 756. The number of hydrogen-bond donors (Lipinski definition) is 2. The molecule has 0 saturated carbocycles. The summed E-state index contributed by atoms with van der Waals surface area (Å²) in [6.07, 6.45) is 0. The molecular weight excluding hydrogens is 324 g/mol. The summed E-state index contributed by atoms with van der Waals surface area (Å²) in [7, 11) is -3.65. The smallest absolute Gasteiger partial charge is 0.261 e. The van der Waals surface area contributed by atoms with E-state index in [-0.39, 0.29) is 10.8 Å². The van der Waals surface area contributed by atoms with Gasteiger partial charge in [-0.2, -0.15) is 0 Å². The molecule has 0 bridgehead atoms. The second-order valence-corrected chi connectivity index (χ2v) is 6.78. The molecule has 0 unspecified atom stereocenters. The quantitative estimate of drug-likeness (QED) is 0.880. The van der Waals surface area contributed by atoms with Gasteiger partial charge >= 0.3 is 0 Å². The van der Waals surface area contributed by atoms with E-state index >= 15 is 0 Å². The van der Waals surface area contributed by atoms with Gasteiger partial charge < -0.3 is 5.32 Å². The largest absolute Gasteiger partial charge is 0.352 e. The first-order valence-corrected chi connectivity index (χ1v) is 8.35. The van der Waals surface area contributed by atoms with Crippen LogP contribution in [-0.2, 0) is 21.4 Å². The number of carbonyl (C=O) groups excluding carboxylic acids is 1. The number of hydrogen-bond acceptors (Lipinski definition) is 3. The molecule has 116 valence electrons. The van der Waals surface area contributed by atoms with Crippen LogP contribution < -0.4 is 10.0 Å². The minimum absolute atomic E-state index is 0.138. The number of anilines is 1. The molecule has 0 spiro atoms. The van der Waals surface area contributed by atoms with Crippen LogP contribution in [-0.4, -0.2) is 14.3 Å². The topological polar surface area (TPSA) is 75.3 Å². The molecule has 1 amide bonds. The van der Waals surface area contributed by atoms with E-state index in [0.29, 0.717) is 17.3 Å². The highest BCUT2D eigenvalue weighted by molar-refractivity contribution is 7.92. The molecule has 0 saturated heterocycles. The van der Waals surface area contributed by atoms with Gasteiger partial charge in [-0.05, 0) is 42.0 Å². The molecule has 0 aliphatic rings. The molecule has 0 aliphatic heterocycles. The zero-order valence-corrected chi connectivity index (χ0v) is 13.4. The van der Waals surface area contributed by atoms with Gasteiger partial charge in [0.05, 0.1) is 4.90 Å². The number of sulfonamides is 1. The van der Waals surface area contributed by atoms with Crippen LogP contribution in [0.25, 0.3) is 0 Å². The summed E-state index contributed by atoms with van der Waals surface area (Å²) in [5.74, 6) is -0.138. The molecule has 0 radical (unpaired) electrons. The number of benzene rings is 2. The Hall–Kier alpha value is -2.05. The standard InChI is InChI=1S/C15H15ClN2O3S/c1-11(19)17-10-12-2-8-15(9-3-12)22(20,21)18-14-6-4-13(16)5-7-14/h2-9,18H,10H2,1H3,(H,17,19). The van der Waals surface area contributed by atoms with Gasteiger partial charge in [-0.25, -0.2) is 8.42 Å². The lowest BCUT2D eigenvalue weighted by Crippen LogP contribution is -2.19. The second kappa shape index (κ2) is 6.81. The average molecular weight is 339 g/mol. The van der Waals surface area contributed by atoms with E-state index in [0.717, 1.165) is 5.56 Å². The van der Waals surface area contributed by atoms with Crippen LogP contribution in [0.2, 0.25) is 5.02 Å². The van der Waals surface area contributed by atoms with E-state index in [1.807, 2.05) is 0 Å². The van der Waals surface area contributed by atoms with Gasteiger partial charge in [0.15, 0.2) is 0 Å². The van der Waals surface area contributed by atoms with Crippen molar-refractivity contribution in [1.82, 2.24) is 5.32 Å². The van der Waals surface area contributed by atoms with E-state index in [1.54, 1.807) is 36.4 Å². The maximum atomic E-state index is 12.3. The van der Waals surface area contributed by atoms with Gasteiger partial charge in [-0.15, -0.1) is 0 Å². The van der Waals surface area contributed by atoms with Crippen molar-refractivity contribution in [2.45, 2.75) is 18.4 Å². The molecule has 0 aliphatic carbocycles. The highest BCUT2D eigenvalue weighted by atomic mass is 35.5. The lowest BCUT2D eigenvalue weighted by Gasteiger charge is -2.09. The van der Waals surface area contributed by atoms with Crippen molar-refractivity contribution in [2.75, 3.05) is 4.72 Å². The minimum Gasteiger partial charge on any atom is -0.352 e. The van der Waals surface area contributed by atoms with Crippen LogP contribution in [0, 0.1) is 0 Å². The molecule has 5 nitrogen and oxygen atoms in total. The van der Waals surface area contributed by atoms with Gasteiger partial charge in [-0.3, -0.25) is 9.52 Å². The summed E-state index contributed by atoms with van der Waals surface area (Å²) in [6.45, 7) is 1.79. The van der Waals surface area contributed by atoms with Gasteiger partial charge in [0.25, 0.3) is 10.0 Å². The van der Waals surface area contributed by atoms with E-state index in [1.165, 1.54) is 19.1 Å². The first-order chi connectivity index (χ1) is 10.4. The van der Waals surface area contributed by atoms with Crippen LogP contribution in [0.1, 0.15) is 12.5 Å². The zero-order chi connectivity index (χ0) is 16.2. The highest BCUT2D eigenvalue weighted by Gasteiger charge is 2.13. The van der Waals surface area contributed by atoms with Gasteiger partial charge in [0.2, 0.25) is 5.91 Å². The minimum atomic E-state index is -3.65. The summed E-state index contributed by atoms with van der Waals surface area (Å²) >= 11 is 5.76. The monoisotopic (exact) mass is 338 g/mol. The average Bonchev–Trinajstić information content (AvgIpc) is 2.48. The van der Waals surface area contributed by atoms with Gasteiger partial charge in [0.1, 0.15) is 0 Å². The van der Waals surface area contributed by atoms with Crippen LogP contribution in [0.5, 0.6) is 0 Å². The second-order valence-electron chi connectivity index (χ2n) is 4.67. The number of carbonyl (C=O) groups is 1. The summed E-state index contributed by atoms with van der Waals surface area (Å²) in [5.41, 5.74) is 1.26. The predicted molar refractivity (Wildman–Crippen MR) is 86.2 cm³/mol. The predicted octanol–water partition coefficient (Wildman–Crippen LogP) is 2.78. The van der Waals surface area contributed by atoms with Gasteiger partial charge in [0, 0.05) is 24.2 Å². The molecule has 0 heterocycles. The Morgan fingerprint density at radius 3 is 2.18 bits per heavy atom. The normalized spacial score (nSPS) is 11.0. The van der Waals surface area contributed by atoms with Crippen molar-refractivity contribution < 1.29 is 13.2 Å². The third kappa shape index (κ3) is 4.47. The summed E-state index contributed by atoms with van der Waals surface area (Å²) < 4.78 is 27.0. The van der Waals surface area contributed by atoms with Crippen molar-refractivity contribution >= 4 is 33.2 Å². The Morgan fingerprint density at radius 1 is 1.05 bits per heavy atom. The third-order valence-corrected chi connectivity index (χ3v) is 4.52. The highest BCUT2D eigenvalue weighted by Crippen LogP contribution is 2.18. The van der Waals surface area contributed by atoms with E-state index in [2.05, 4.69) is 10.0 Å². The zero-order valence-electron chi connectivity index (χ0n) is 11.8. The number of nitrogens with one attached hydrogen (secondary N) is 2. The molecule has 2 rings (SSSR count). The Kier molecular flexibility index (Phi) is 5.05. The molecule has 2 N–H and O–H groups in total. The summed E-state index contributed by atoms with van der Waals surface area (Å²) in [6, 6.07) is 12.7. The fourth-order valence-electron chi connectivity index (χ4n) is 1.74. The Labute approximate surface area is 134 Å². The van der Waals surface area contributed by atoms with Crippen molar-refractivity contribution in [3.8, 4) is 0 Å². The van der Waals surface area contributed by atoms with Crippen molar-refractivity contribution in [3.63, 3.8) is 0 Å². The number of amides is 1. The summed E-state index contributed by atoms with van der Waals surface area (Å²) in [5, 5.41) is 3.18. The lowest BCUT2D eigenvalue weighted by molar-refractivity contribution is -0.119. The SMILES string of the molecule is CC(=O)NCc1ccc(S(=O)(=O)Nc2ccc(Cl)cc2)cc1. The fourth-order valence-corrected chi connectivity index (χ4v) is 2.93. The molecular formula is C15H15ClN2O3S. The van der Waals surface area contributed by atoms with Crippen LogP contribution in [0.4, 0.5) is 5.69 Å². The third-order valence-electron chi connectivity index (χ3n) is 2.87. The van der Waals surface area contributed by atoms with E-state index in [9.17, 15) is 13.2 Å². The first-order valence-electron chi connectivity index (χ1n) is 6.48. The van der Waals surface area contributed by atoms with Crippen LogP contribution >= 0.6 is 11.6 Å². The fraction of sp³-hybridized carbons (Fsp3) is 0.133. The molecule has 22 heavy (non-hydrogen) atoms. The maximum absolute atomic E-state index is 12.3. The summed E-state index contributed by atoms with van der Waals surface area (Å²) in [4.78, 5) is 11.0. The van der Waals surface area contributed by atoms with Crippen LogP contribution in [0.15, 0.2) is 53.4 Å². The number of rotatable bonds is 5.